The van der Waals surface area contributed by atoms with Crippen LogP contribution in [-0.2, 0) is 16.0 Å². The molecule has 2 amide bonds. The van der Waals surface area contributed by atoms with E-state index in [0.29, 0.717) is 25.9 Å². The smallest absolute Gasteiger partial charge is 0.239 e. The number of rotatable bonds is 5. The summed E-state index contributed by atoms with van der Waals surface area (Å²) in [6, 6.07) is 12.8. The van der Waals surface area contributed by atoms with Crippen LogP contribution in [0.15, 0.2) is 53.1 Å². The van der Waals surface area contributed by atoms with Crippen molar-refractivity contribution in [3.8, 4) is 0 Å². The summed E-state index contributed by atoms with van der Waals surface area (Å²) >= 11 is 3.40. The number of nitrogens with two attached hydrogens (primary N) is 1. The van der Waals surface area contributed by atoms with Gasteiger partial charge in [0.2, 0.25) is 11.8 Å². The molecule has 1 aliphatic heterocycles. The van der Waals surface area contributed by atoms with Crippen molar-refractivity contribution >= 4 is 44.3 Å². The lowest BCUT2D eigenvalue weighted by Crippen LogP contribution is -2.44. The van der Waals surface area contributed by atoms with Gasteiger partial charge in [0.15, 0.2) is 0 Å². The maximum atomic E-state index is 12.7. The first kappa shape index (κ1) is 19.6. The maximum absolute atomic E-state index is 12.7. The first-order chi connectivity index (χ1) is 14.0. The zero-order valence-electron chi connectivity index (χ0n) is 15.8. The summed E-state index contributed by atoms with van der Waals surface area (Å²) in [7, 11) is 0. The number of aromatic amines is 1. The lowest BCUT2D eigenvalue weighted by atomic mass is 10.1. The van der Waals surface area contributed by atoms with Crippen LogP contribution in [0, 0.1) is 5.92 Å². The van der Waals surface area contributed by atoms with Gasteiger partial charge in [-0.15, -0.1) is 0 Å². The first-order valence-electron chi connectivity index (χ1n) is 9.52. The molecule has 1 saturated heterocycles. The number of carbonyl (C=O) groups is 2. The van der Waals surface area contributed by atoms with Crippen molar-refractivity contribution in [2.45, 2.75) is 18.9 Å². The number of anilines is 1. The molecule has 4 N–H and O–H groups in total. The third kappa shape index (κ3) is 4.49. The third-order valence-corrected chi connectivity index (χ3v) is 5.79. The minimum absolute atomic E-state index is 0.0791. The number of nitrogens with one attached hydrogen (secondary N) is 2. The van der Waals surface area contributed by atoms with E-state index in [0.717, 1.165) is 26.6 Å². The summed E-state index contributed by atoms with van der Waals surface area (Å²) in [5.74, 6) is -0.425. The van der Waals surface area contributed by atoms with Gasteiger partial charge in [-0.05, 0) is 48.7 Å². The largest absolute Gasteiger partial charge is 0.341 e. The zero-order valence-corrected chi connectivity index (χ0v) is 17.4. The van der Waals surface area contributed by atoms with Crippen LogP contribution in [0.5, 0.6) is 0 Å². The molecule has 0 aliphatic carbocycles. The SMILES string of the molecule is N[C@@H](Cc1ccc(Br)cc1)C(=O)N1CC[C@@H](C(=O)Nc2ccc3[nH]ncc3c2)C1. The molecule has 150 valence electrons. The molecule has 7 nitrogen and oxygen atoms in total. The van der Waals surface area contributed by atoms with Gasteiger partial charge in [-0.25, -0.2) is 0 Å². The van der Waals surface area contributed by atoms with Gasteiger partial charge < -0.3 is 16.0 Å². The van der Waals surface area contributed by atoms with Gasteiger partial charge >= 0.3 is 0 Å². The molecule has 0 radical (unpaired) electrons. The zero-order chi connectivity index (χ0) is 20.4. The lowest BCUT2D eigenvalue weighted by molar-refractivity contribution is -0.131. The Morgan fingerprint density at radius 2 is 2.07 bits per heavy atom. The summed E-state index contributed by atoms with van der Waals surface area (Å²) in [5.41, 5.74) is 8.79. The average Bonchev–Trinajstić information content (AvgIpc) is 3.38. The van der Waals surface area contributed by atoms with Crippen molar-refractivity contribution in [1.29, 1.82) is 0 Å². The van der Waals surface area contributed by atoms with Crippen molar-refractivity contribution in [3.05, 3.63) is 58.7 Å². The van der Waals surface area contributed by atoms with Gasteiger partial charge in [-0.1, -0.05) is 28.1 Å². The van der Waals surface area contributed by atoms with Crippen LogP contribution in [0.2, 0.25) is 0 Å². The Morgan fingerprint density at radius 3 is 2.86 bits per heavy atom. The molecule has 1 aliphatic rings. The van der Waals surface area contributed by atoms with Crippen LogP contribution in [0.1, 0.15) is 12.0 Å². The fraction of sp³-hybridized carbons (Fsp3) is 0.286. The maximum Gasteiger partial charge on any atom is 0.239 e. The number of aromatic nitrogens is 2. The third-order valence-electron chi connectivity index (χ3n) is 5.26. The van der Waals surface area contributed by atoms with Gasteiger partial charge in [0.25, 0.3) is 0 Å². The predicted octanol–water partition coefficient (Wildman–Crippen LogP) is 2.68. The Morgan fingerprint density at radius 1 is 1.28 bits per heavy atom. The summed E-state index contributed by atoms with van der Waals surface area (Å²) in [6.07, 6.45) is 2.83. The van der Waals surface area contributed by atoms with Gasteiger partial charge in [0, 0.05) is 28.6 Å². The normalized spacial score (nSPS) is 17.4. The fourth-order valence-electron chi connectivity index (χ4n) is 3.64. The van der Waals surface area contributed by atoms with E-state index in [2.05, 4.69) is 31.4 Å². The fourth-order valence-corrected chi connectivity index (χ4v) is 3.90. The highest BCUT2D eigenvalue weighted by molar-refractivity contribution is 9.10. The number of halogens is 1. The Bertz CT molecular complexity index is 1030. The molecule has 29 heavy (non-hydrogen) atoms. The Hall–Kier alpha value is -2.71. The van der Waals surface area contributed by atoms with E-state index in [4.69, 9.17) is 5.73 Å². The Labute approximate surface area is 176 Å². The first-order valence-corrected chi connectivity index (χ1v) is 10.3. The number of hydrogen-bond acceptors (Lipinski definition) is 4. The topological polar surface area (TPSA) is 104 Å². The predicted molar refractivity (Wildman–Crippen MR) is 115 cm³/mol. The molecule has 4 rings (SSSR count). The molecule has 2 atom stereocenters. The highest BCUT2D eigenvalue weighted by Crippen LogP contribution is 2.22. The standard InChI is InChI=1S/C21H22BrN5O2/c22-16-3-1-13(2-4-16)9-18(23)21(29)27-8-7-14(12-27)20(28)25-17-5-6-19-15(10-17)11-24-26-19/h1-6,10-11,14,18H,7-9,12,23H2,(H,24,26)(H,25,28)/t14-,18+/m1/s1. The Kier molecular flexibility index (Phi) is 5.64. The monoisotopic (exact) mass is 455 g/mol. The lowest BCUT2D eigenvalue weighted by Gasteiger charge is -2.21. The molecule has 2 heterocycles. The van der Waals surface area contributed by atoms with Crippen LogP contribution >= 0.6 is 15.9 Å². The van der Waals surface area contributed by atoms with E-state index in [9.17, 15) is 9.59 Å². The second-order valence-corrected chi connectivity index (χ2v) is 8.28. The molecule has 0 saturated carbocycles. The van der Waals surface area contributed by atoms with E-state index >= 15 is 0 Å². The van der Waals surface area contributed by atoms with E-state index in [1.165, 1.54) is 0 Å². The highest BCUT2D eigenvalue weighted by atomic mass is 79.9. The van der Waals surface area contributed by atoms with Crippen LogP contribution in [0.3, 0.4) is 0 Å². The molecule has 0 bridgehead atoms. The van der Waals surface area contributed by atoms with E-state index in [1.807, 2.05) is 42.5 Å². The van der Waals surface area contributed by atoms with Crippen LogP contribution in [0.25, 0.3) is 10.9 Å². The quantitative estimate of drug-likeness (QED) is 0.549. The van der Waals surface area contributed by atoms with Crippen molar-refractivity contribution in [3.63, 3.8) is 0 Å². The van der Waals surface area contributed by atoms with Crippen LogP contribution < -0.4 is 11.1 Å². The van der Waals surface area contributed by atoms with E-state index in [-0.39, 0.29) is 17.7 Å². The van der Waals surface area contributed by atoms with Crippen molar-refractivity contribution < 1.29 is 9.59 Å². The van der Waals surface area contributed by atoms with Gasteiger partial charge in [-0.2, -0.15) is 5.10 Å². The summed E-state index contributed by atoms with van der Waals surface area (Å²) in [6.45, 7) is 0.943. The van der Waals surface area contributed by atoms with Crippen LogP contribution in [-0.4, -0.2) is 46.0 Å². The number of H-pyrrole nitrogens is 1. The molecular formula is C21H22BrN5O2. The summed E-state index contributed by atoms with van der Waals surface area (Å²) in [4.78, 5) is 27.1. The van der Waals surface area contributed by atoms with Gasteiger partial charge in [-0.3, -0.25) is 14.7 Å². The molecule has 1 aromatic heterocycles. The van der Waals surface area contributed by atoms with Gasteiger partial charge in [0.1, 0.15) is 0 Å². The number of nitrogens with zero attached hydrogens (tertiary/aromatic N) is 2. The molecule has 0 spiro atoms. The molecule has 8 heteroatoms. The number of amides is 2. The number of benzene rings is 2. The van der Waals surface area contributed by atoms with Crippen molar-refractivity contribution in [2.75, 3.05) is 18.4 Å². The summed E-state index contributed by atoms with van der Waals surface area (Å²) in [5, 5.41) is 10.7. The van der Waals surface area contributed by atoms with E-state index < -0.39 is 6.04 Å². The molecule has 2 aromatic carbocycles. The second kappa shape index (κ2) is 8.34. The highest BCUT2D eigenvalue weighted by Gasteiger charge is 2.33. The summed E-state index contributed by atoms with van der Waals surface area (Å²) < 4.78 is 0.987. The number of fused-ring (bicyclic) bond motifs is 1. The average molecular weight is 456 g/mol. The van der Waals surface area contributed by atoms with Crippen molar-refractivity contribution in [2.24, 2.45) is 11.7 Å². The minimum Gasteiger partial charge on any atom is -0.341 e. The van der Waals surface area contributed by atoms with E-state index in [1.54, 1.807) is 11.1 Å². The molecule has 3 aromatic rings. The molecule has 1 fully saturated rings. The Balaban J connectivity index is 1.33. The number of hydrogen-bond donors (Lipinski definition) is 3. The number of carbonyl (C=O) groups excluding carboxylic acids is 2. The molecule has 0 unspecified atom stereocenters. The van der Waals surface area contributed by atoms with Gasteiger partial charge in [0.05, 0.1) is 23.7 Å². The van der Waals surface area contributed by atoms with Crippen molar-refractivity contribution in [1.82, 2.24) is 15.1 Å². The minimum atomic E-state index is -0.610. The number of likely N-dealkylation sites (tertiary alicyclic amines) is 1. The molecular weight excluding hydrogens is 434 g/mol. The van der Waals surface area contributed by atoms with Crippen LogP contribution in [0.4, 0.5) is 5.69 Å². The second-order valence-electron chi connectivity index (χ2n) is 7.37.